The van der Waals surface area contributed by atoms with Gasteiger partial charge in [-0.25, -0.2) is 0 Å². The number of rotatable bonds is 2. The Morgan fingerprint density at radius 2 is 0.662 bits per heavy atom. The van der Waals surface area contributed by atoms with Crippen LogP contribution in [0.4, 0.5) is 0 Å². The van der Waals surface area contributed by atoms with Crippen molar-refractivity contribution in [3.8, 4) is 0 Å². The van der Waals surface area contributed by atoms with Gasteiger partial charge in [0, 0.05) is 11.4 Å². The first-order valence-corrected chi connectivity index (χ1v) is 32.2. The summed E-state index contributed by atoms with van der Waals surface area (Å²) < 4.78 is 2.75. The van der Waals surface area contributed by atoms with Gasteiger partial charge < -0.3 is 4.90 Å². The van der Waals surface area contributed by atoms with E-state index in [0.29, 0.717) is 12.1 Å². The maximum atomic E-state index is 16.7. The average Bonchev–Trinajstić information content (AvgIpc) is 1.50. The molecule has 28 aromatic rings. The molecule has 0 bridgehead atoms. The first-order chi connectivity index (χ1) is 39.8. The molecule has 1 amide bonds. The fourth-order valence-electron chi connectivity index (χ4n) is 26.8. The molecule has 0 radical (unpaired) electrons. The lowest BCUT2D eigenvalue weighted by Crippen LogP contribution is -2.55. The molecule has 8 aliphatic rings. The van der Waals surface area contributed by atoms with Gasteiger partial charge in [0.2, 0.25) is 0 Å². The van der Waals surface area contributed by atoms with E-state index in [1.165, 1.54) is 13.4 Å². The number of likely N-dealkylation sites (tertiary alicyclic amines) is 1. The molecule has 6 heteroatoms. The van der Waals surface area contributed by atoms with Gasteiger partial charge in [0.05, 0.1) is 30.9 Å². The Kier molecular flexibility index (Phi) is 3.12. The second-order valence-electron chi connectivity index (χ2n) is 27.7. The van der Waals surface area contributed by atoms with Crippen molar-refractivity contribution in [2.24, 2.45) is 0 Å². The second-order valence-corrected chi connectivity index (χ2v) is 32.0. The lowest BCUT2D eigenvalue weighted by molar-refractivity contribution is -0.127. The number of benzene rings is 18. The second kappa shape index (κ2) is 7.77. The van der Waals surface area contributed by atoms with Crippen LogP contribution in [-0.4, -0.2) is 23.4 Å². The summed E-state index contributed by atoms with van der Waals surface area (Å²) in [5.41, 5.74) is 9.60. The predicted molar refractivity (Wildman–Crippen MR) is 345 cm³/mol. The number of carbonyl (C=O) groups is 1. The molecule has 0 aromatic heterocycles. The van der Waals surface area contributed by atoms with E-state index in [0.717, 1.165) is 0 Å². The maximum Gasteiger partial charge on any atom is 0.262 e. The van der Waals surface area contributed by atoms with Crippen LogP contribution >= 0.6 is 47.0 Å². The molecule has 1 fully saturated rings. The molecule has 1 atom stereocenters. The summed E-state index contributed by atoms with van der Waals surface area (Å²) >= 11 is 7.70. The number of thioether (sulfide) groups is 4. The Morgan fingerprint density at radius 1 is 0.375 bits per heavy atom. The van der Waals surface area contributed by atoms with Crippen LogP contribution in [0.1, 0.15) is 22.3 Å². The first kappa shape index (κ1) is 32.2. The highest BCUT2D eigenvalue weighted by Gasteiger charge is 2.77. The first-order valence-electron chi connectivity index (χ1n) is 28.8. The summed E-state index contributed by atoms with van der Waals surface area (Å²) in [4.78, 5) is 20.6. The standard InChI is InChI=1S/C74H9NOS4/c76-70(9-3-1-2-4-9)75-8-73-65-57-49-39-29-21-13-11-12-15-19-17(13)25-33-27(19)37-31-23(15)24-16(12)20-18-14(11)22(21)30-36-26(18)34-28(20)38-32(24)42-41(31)53-47(37)55-45(33)51(43(49)35(25)29)59(65)61(55)67-63(53)64-54(42)48(38)56-46(34)52-44(36)50(40(30)39)58(57)66(73)60(52)62(56)68(64)74(67,73)69(75)10-7-79-72(80-10)71-77-5-6-78-71/h1-3,5-7,69H,8H2. The van der Waals surface area contributed by atoms with Crippen LogP contribution in [0.15, 0.2) is 59.1 Å². The van der Waals surface area contributed by atoms with Gasteiger partial charge in [-0.2, -0.15) is 0 Å². The molecule has 340 valence electrons. The minimum absolute atomic E-state index is 0.148. The zero-order chi connectivity index (χ0) is 48.0. The van der Waals surface area contributed by atoms with Gasteiger partial charge >= 0.3 is 0 Å². The monoisotopic (exact) mass is 1050 g/mol. The smallest absolute Gasteiger partial charge is 0.262 e. The molecule has 36 rings (SSSR count). The van der Waals surface area contributed by atoms with Crippen LogP contribution < -0.4 is 0 Å². The topological polar surface area (TPSA) is 20.3 Å². The highest BCUT2D eigenvalue weighted by molar-refractivity contribution is 8.33. The maximum absolute atomic E-state index is 16.7. The van der Waals surface area contributed by atoms with E-state index in [-0.39, 0.29) is 11.9 Å². The Morgan fingerprint density at radius 3 is 0.950 bits per heavy atom. The molecule has 5 aliphatic carbocycles. The molecule has 80 heavy (non-hydrogen) atoms. The lowest BCUT2D eigenvalue weighted by atomic mass is 9.48. The van der Waals surface area contributed by atoms with Crippen molar-refractivity contribution in [2.45, 2.75) is 16.9 Å². The molecular formula is C74H9NOS4. The third kappa shape index (κ3) is 1.88. The average molecular weight is 1060 g/mol. The van der Waals surface area contributed by atoms with Gasteiger partial charge in [-0.3, -0.25) is 4.79 Å². The number of hydrogen-bond acceptors (Lipinski definition) is 5. The van der Waals surface area contributed by atoms with Crippen LogP contribution in [0, 0.1) is 0 Å². The van der Waals surface area contributed by atoms with Crippen molar-refractivity contribution >= 4 is 344 Å². The number of allylic oxidation sites excluding steroid dienone is 1. The van der Waals surface area contributed by atoms with Gasteiger partial charge in [-0.05, 0) is 341 Å². The summed E-state index contributed by atoms with van der Waals surface area (Å²) in [7, 11) is 0. The molecule has 1 unspecified atom stereocenters. The van der Waals surface area contributed by atoms with Crippen LogP contribution in [0.3, 0.4) is 0 Å². The van der Waals surface area contributed by atoms with E-state index in [1.54, 1.807) is 313 Å². The van der Waals surface area contributed by atoms with Crippen molar-refractivity contribution in [2.75, 3.05) is 6.54 Å². The highest BCUT2D eigenvalue weighted by atomic mass is 32.2. The quantitative estimate of drug-likeness (QED) is 0.127. The van der Waals surface area contributed by atoms with Crippen molar-refractivity contribution in [1.82, 2.24) is 4.90 Å². The fourth-order valence-corrected chi connectivity index (χ4v) is 31.5. The molecule has 3 heterocycles. The van der Waals surface area contributed by atoms with E-state index in [4.69, 9.17) is 0 Å². The molecule has 28 aromatic carbocycles. The third-order valence-corrected chi connectivity index (χ3v) is 32.2. The molecule has 0 saturated carbocycles. The Balaban J connectivity index is 1.02. The largest absolute Gasteiger partial charge is 0.328 e. The number of nitrogens with zero attached hydrogens (tertiary/aromatic N) is 1. The molecule has 2 nitrogen and oxygen atoms in total. The van der Waals surface area contributed by atoms with Gasteiger partial charge in [-0.1, -0.05) is 53.1 Å². The lowest BCUT2D eigenvalue weighted by Gasteiger charge is -2.51. The van der Waals surface area contributed by atoms with Crippen LogP contribution in [0.5, 0.6) is 0 Å². The number of amides is 1. The van der Waals surface area contributed by atoms with Crippen LogP contribution in [0.25, 0.3) is 291 Å². The minimum Gasteiger partial charge on any atom is -0.328 e. The van der Waals surface area contributed by atoms with E-state index in [9.17, 15) is 0 Å². The summed E-state index contributed by atoms with van der Waals surface area (Å²) in [6, 6.07) is -0.242. The van der Waals surface area contributed by atoms with Crippen LogP contribution in [-0.2, 0) is 15.6 Å². The van der Waals surface area contributed by atoms with Crippen molar-refractivity contribution in [3.63, 3.8) is 0 Å². The zero-order valence-electron chi connectivity index (χ0n) is 40.2. The Bertz CT molecular complexity index is 7870. The van der Waals surface area contributed by atoms with Crippen molar-refractivity contribution < 1.29 is 4.79 Å². The van der Waals surface area contributed by atoms with E-state index in [1.807, 2.05) is 53.1 Å². The number of hydrogen-bond donors (Lipinski definition) is 0. The summed E-state index contributed by atoms with van der Waals surface area (Å²) in [6.45, 7) is 0.657. The van der Waals surface area contributed by atoms with Crippen molar-refractivity contribution in [3.05, 3.63) is 81.4 Å². The van der Waals surface area contributed by atoms with Gasteiger partial charge in [-0.15, -0.1) is 5.73 Å². The Hall–Kier alpha value is -8.19. The van der Waals surface area contributed by atoms with Crippen LogP contribution in [0.2, 0.25) is 0 Å². The normalized spacial score (nSPS) is 24.5. The van der Waals surface area contributed by atoms with E-state index >= 15 is 4.79 Å². The van der Waals surface area contributed by atoms with Gasteiger partial charge in [0.1, 0.15) is 0 Å². The zero-order valence-corrected chi connectivity index (χ0v) is 43.5. The third-order valence-electron chi connectivity index (χ3n) is 27.1. The fraction of sp³-hybridized carbons (Fsp3) is 0.0541. The molecule has 2 spiro atoms. The molecule has 1 saturated heterocycles. The highest BCUT2D eigenvalue weighted by Crippen LogP contribution is 2.87. The summed E-state index contributed by atoms with van der Waals surface area (Å²) in [6.07, 6.45) is 6.10. The van der Waals surface area contributed by atoms with Gasteiger partial charge in [0.15, 0.2) is 0 Å². The van der Waals surface area contributed by atoms with Gasteiger partial charge in [0.25, 0.3) is 5.91 Å². The molecule has 0 N–H and O–H groups in total. The summed E-state index contributed by atoms with van der Waals surface area (Å²) in [5.74, 6) is 0.148. The SMILES string of the molecule is O=C(C1=C=CC=C1)N1CC23c4c5c6c7c8c9c(c%10c%11c2c2c4c4c%12c5c5c6c6c8c8c%13c9c9c%10c%10c%11c%11c2c2c4c4c%12c%12c5c5c6c8c6c8c%13c9c9c%10c%10c%11c2c2c4c4c%12c5c6c5c8c9c%10c2c45)C73C1C1=CSC(=C2SC=CS2)S1. The molecular weight excluding hydrogens is 1050 g/mol. The number of carbonyl (C=O) groups excluding carboxylic acids is 1. The summed E-state index contributed by atoms with van der Waals surface area (Å²) in [5, 5.41) is 93.9. The van der Waals surface area contributed by atoms with E-state index < -0.39 is 10.8 Å². The Labute approximate surface area is 454 Å². The molecule has 3 aliphatic heterocycles. The predicted octanol–water partition coefficient (Wildman–Crippen LogP) is 20.6. The minimum atomic E-state index is -0.603. The van der Waals surface area contributed by atoms with E-state index in [2.05, 4.69) is 39.0 Å². The van der Waals surface area contributed by atoms with Crippen molar-refractivity contribution in [1.29, 1.82) is 0 Å².